The second-order valence-corrected chi connectivity index (χ2v) is 7.31. The Morgan fingerprint density at radius 1 is 0.800 bits per heavy atom. The van der Waals surface area contributed by atoms with Gasteiger partial charge in [-0.2, -0.15) is 0 Å². The van der Waals surface area contributed by atoms with Crippen molar-refractivity contribution in [3.8, 4) is 22.5 Å². The summed E-state index contributed by atoms with van der Waals surface area (Å²) in [5.74, 6) is 0.512. The Hall–Kier alpha value is -3.99. The molecule has 0 fully saturated rings. The Kier molecular flexibility index (Phi) is 4.48. The Balaban J connectivity index is 1.55. The molecule has 3 heterocycles. The highest BCUT2D eigenvalue weighted by Gasteiger charge is 2.16. The number of imidazole rings is 1. The summed E-state index contributed by atoms with van der Waals surface area (Å²) in [6.07, 6.45) is 5.67. The number of nitrogens with zero attached hydrogens (tertiary/aromatic N) is 4. The molecule has 0 saturated heterocycles. The van der Waals surface area contributed by atoms with Crippen LogP contribution >= 0.6 is 0 Å². The number of hydrogen-bond acceptors (Lipinski definition) is 4. The molecule has 0 unspecified atom stereocenters. The van der Waals surface area contributed by atoms with Crippen LogP contribution in [0.2, 0.25) is 0 Å². The fourth-order valence-electron chi connectivity index (χ4n) is 3.74. The third-order valence-electron chi connectivity index (χ3n) is 5.41. The van der Waals surface area contributed by atoms with Crippen LogP contribution in [0.1, 0.15) is 24.1 Å². The van der Waals surface area contributed by atoms with E-state index in [0.29, 0.717) is 11.5 Å². The number of benzene rings is 2. The molecule has 5 aromatic rings. The highest BCUT2D eigenvalue weighted by Crippen LogP contribution is 2.29. The maximum atomic E-state index is 6.33. The second-order valence-electron chi connectivity index (χ2n) is 7.31. The number of hydrogen-bond donors (Lipinski definition) is 1. The fraction of sp³-hybridized carbons (Fsp3) is 0.0800. The molecule has 1 atom stereocenters. The minimum absolute atomic E-state index is 0.0691. The first-order chi connectivity index (χ1) is 14.7. The van der Waals surface area contributed by atoms with E-state index in [1.165, 1.54) is 0 Å². The molecule has 0 spiro atoms. The second kappa shape index (κ2) is 7.44. The van der Waals surface area contributed by atoms with Crippen LogP contribution in [0.25, 0.3) is 28.2 Å². The molecule has 0 aliphatic rings. The maximum absolute atomic E-state index is 6.33. The van der Waals surface area contributed by atoms with Gasteiger partial charge in [0.1, 0.15) is 17.2 Å². The van der Waals surface area contributed by atoms with Gasteiger partial charge in [-0.05, 0) is 28.8 Å². The Bertz CT molecular complexity index is 1310. The Morgan fingerprint density at radius 3 is 2.27 bits per heavy atom. The van der Waals surface area contributed by atoms with Gasteiger partial charge in [0.15, 0.2) is 0 Å². The van der Waals surface area contributed by atoms with Gasteiger partial charge in [0.25, 0.3) is 0 Å². The molecule has 0 bridgehead atoms. The number of aromatic nitrogens is 4. The van der Waals surface area contributed by atoms with E-state index in [9.17, 15) is 0 Å². The minimum atomic E-state index is 0.0691. The number of rotatable bonds is 4. The summed E-state index contributed by atoms with van der Waals surface area (Å²) in [4.78, 5) is 13.9. The van der Waals surface area contributed by atoms with Gasteiger partial charge in [-0.1, -0.05) is 67.6 Å². The van der Waals surface area contributed by atoms with Crippen molar-refractivity contribution in [1.29, 1.82) is 0 Å². The van der Waals surface area contributed by atoms with Gasteiger partial charge in [-0.3, -0.25) is 9.38 Å². The smallest absolute Gasteiger partial charge is 0.146 e. The van der Waals surface area contributed by atoms with Crippen molar-refractivity contribution >= 4 is 11.5 Å². The molecule has 0 radical (unpaired) electrons. The summed E-state index contributed by atoms with van der Waals surface area (Å²) in [6, 6.07) is 24.6. The van der Waals surface area contributed by atoms with Crippen molar-refractivity contribution in [3.05, 3.63) is 103 Å². The molecule has 30 heavy (non-hydrogen) atoms. The first kappa shape index (κ1) is 18.1. The van der Waals surface area contributed by atoms with E-state index < -0.39 is 0 Å². The van der Waals surface area contributed by atoms with E-state index in [1.54, 1.807) is 6.20 Å². The third kappa shape index (κ3) is 3.20. The molecule has 0 aliphatic carbocycles. The number of fused-ring (bicyclic) bond motifs is 1. The average molecular weight is 391 g/mol. The lowest BCUT2D eigenvalue weighted by Gasteiger charge is -2.14. The first-order valence-corrected chi connectivity index (χ1v) is 9.91. The predicted octanol–water partition coefficient (Wildman–Crippen LogP) is 5.19. The third-order valence-corrected chi connectivity index (χ3v) is 5.41. The van der Waals surface area contributed by atoms with E-state index in [4.69, 9.17) is 5.73 Å². The molecule has 2 N–H and O–H groups in total. The van der Waals surface area contributed by atoms with Crippen LogP contribution in [-0.4, -0.2) is 19.4 Å². The van der Waals surface area contributed by atoms with Crippen LogP contribution in [0, 0.1) is 0 Å². The molecule has 0 aliphatic heterocycles. The molecule has 2 aromatic carbocycles. The van der Waals surface area contributed by atoms with Gasteiger partial charge in [-0.15, -0.1) is 0 Å². The molecule has 5 rings (SSSR count). The van der Waals surface area contributed by atoms with Crippen molar-refractivity contribution in [2.45, 2.75) is 12.8 Å². The standard InChI is InChI=1S/C25H21N5/c1-17(18-8-4-2-5-9-18)24-25(26)29-21(14-28-24)22-15-27-23-13-12-20(16-30(22)23)19-10-6-3-7-11-19/h2-17H,1H3,(H2,26,29)/t17-/m0/s1. The quantitative estimate of drug-likeness (QED) is 0.458. The van der Waals surface area contributed by atoms with Gasteiger partial charge in [-0.25, -0.2) is 9.97 Å². The van der Waals surface area contributed by atoms with E-state index in [-0.39, 0.29) is 5.92 Å². The van der Waals surface area contributed by atoms with Gasteiger partial charge < -0.3 is 5.73 Å². The zero-order valence-electron chi connectivity index (χ0n) is 16.6. The summed E-state index contributed by atoms with van der Waals surface area (Å²) in [6.45, 7) is 2.09. The number of nitrogens with two attached hydrogens (primary N) is 1. The summed E-state index contributed by atoms with van der Waals surface area (Å²) in [7, 11) is 0. The normalized spacial score (nSPS) is 12.2. The lowest BCUT2D eigenvalue weighted by Crippen LogP contribution is -2.07. The van der Waals surface area contributed by atoms with E-state index >= 15 is 0 Å². The molecular weight excluding hydrogens is 370 g/mol. The first-order valence-electron chi connectivity index (χ1n) is 9.91. The fourth-order valence-corrected chi connectivity index (χ4v) is 3.74. The summed E-state index contributed by atoms with van der Waals surface area (Å²) in [5, 5.41) is 0. The van der Waals surface area contributed by atoms with Crippen molar-refractivity contribution in [1.82, 2.24) is 19.4 Å². The molecule has 0 amide bonds. The monoisotopic (exact) mass is 391 g/mol. The van der Waals surface area contributed by atoms with Crippen molar-refractivity contribution in [2.75, 3.05) is 5.73 Å². The summed E-state index contributed by atoms with van der Waals surface area (Å²) < 4.78 is 2.03. The Morgan fingerprint density at radius 2 is 1.53 bits per heavy atom. The molecule has 5 heteroatoms. The zero-order valence-corrected chi connectivity index (χ0v) is 16.6. The van der Waals surface area contributed by atoms with Crippen LogP contribution in [0.3, 0.4) is 0 Å². The highest BCUT2D eigenvalue weighted by molar-refractivity contribution is 5.68. The molecule has 0 saturated carbocycles. The molecule has 3 aromatic heterocycles. The van der Waals surface area contributed by atoms with E-state index in [2.05, 4.69) is 58.4 Å². The maximum Gasteiger partial charge on any atom is 0.146 e. The summed E-state index contributed by atoms with van der Waals surface area (Å²) >= 11 is 0. The largest absolute Gasteiger partial charge is 0.382 e. The van der Waals surface area contributed by atoms with Crippen LogP contribution in [0.4, 0.5) is 5.82 Å². The van der Waals surface area contributed by atoms with Crippen LogP contribution in [0.15, 0.2) is 91.4 Å². The lowest BCUT2D eigenvalue weighted by molar-refractivity contribution is 0.864. The van der Waals surface area contributed by atoms with Gasteiger partial charge in [0.2, 0.25) is 0 Å². The SMILES string of the molecule is C[C@@H](c1ccccc1)c1ncc(-c2cnc3ccc(-c4ccccc4)cn23)nc1N. The number of nitrogen functional groups attached to an aromatic ring is 1. The van der Waals surface area contributed by atoms with Crippen molar-refractivity contribution < 1.29 is 0 Å². The highest BCUT2D eigenvalue weighted by atomic mass is 15.0. The predicted molar refractivity (Wildman–Crippen MR) is 120 cm³/mol. The summed E-state index contributed by atoms with van der Waals surface area (Å²) in [5.41, 5.74) is 12.9. The number of pyridine rings is 1. The minimum Gasteiger partial charge on any atom is -0.382 e. The lowest BCUT2D eigenvalue weighted by atomic mass is 9.97. The van der Waals surface area contributed by atoms with Crippen LogP contribution in [-0.2, 0) is 0 Å². The molecular formula is C25H21N5. The van der Waals surface area contributed by atoms with Gasteiger partial charge in [0, 0.05) is 12.1 Å². The van der Waals surface area contributed by atoms with E-state index in [1.807, 2.05) is 53.1 Å². The Labute approximate surface area is 174 Å². The van der Waals surface area contributed by atoms with Crippen LogP contribution in [0.5, 0.6) is 0 Å². The van der Waals surface area contributed by atoms with Crippen LogP contribution < -0.4 is 5.73 Å². The zero-order chi connectivity index (χ0) is 20.5. The molecule has 5 nitrogen and oxygen atoms in total. The van der Waals surface area contributed by atoms with E-state index in [0.717, 1.165) is 33.7 Å². The van der Waals surface area contributed by atoms with Gasteiger partial charge >= 0.3 is 0 Å². The average Bonchev–Trinajstić information content (AvgIpc) is 3.23. The van der Waals surface area contributed by atoms with Gasteiger partial charge in [0.05, 0.1) is 23.8 Å². The van der Waals surface area contributed by atoms with Crippen molar-refractivity contribution in [2.24, 2.45) is 0 Å². The van der Waals surface area contributed by atoms with Crippen molar-refractivity contribution in [3.63, 3.8) is 0 Å². The topological polar surface area (TPSA) is 69.1 Å². The number of anilines is 1. The molecule has 146 valence electrons.